The molecule has 5 nitrogen and oxygen atoms in total. The minimum atomic E-state index is 0.00763. The van der Waals surface area contributed by atoms with Crippen molar-refractivity contribution in [2.45, 2.75) is 42.4 Å². The number of nitrogens with zero attached hydrogens (tertiary/aromatic N) is 2. The van der Waals surface area contributed by atoms with Crippen LogP contribution in [0.25, 0.3) is 0 Å². The molecule has 1 atom stereocenters. The second kappa shape index (κ2) is 7.57. The third kappa shape index (κ3) is 4.51. The van der Waals surface area contributed by atoms with Gasteiger partial charge in [-0.05, 0) is 38.4 Å². The molecule has 0 spiro atoms. The minimum absolute atomic E-state index is 0.00763. The zero-order valence-electron chi connectivity index (χ0n) is 14.3. The number of likely N-dealkylation sites (N-methyl/N-ethyl adjacent to an activating group) is 1. The molecule has 1 N–H and O–H groups in total. The average Bonchev–Trinajstić information content (AvgIpc) is 3.33. The maximum Gasteiger partial charge on any atom is 0.241 e. The molecule has 0 bridgehead atoms. The first-order valence-electron chi connectivity index (χ1n) is 8.57. The van der Waals surface area contributed by atoms with Crippen molar-refractivity contribution in [3.63, 3.8) is 0 Å². The van der Waals surface area contributed by atoms with Gasteiger partial charge in [-0.1, -0.05) is 19.1 Å². The van der Waals surface area contributed by atoms with Crippen molar-refractivity contribution in [1.29, 1.82) is 0 Å². The van der Waals surface area contributed by atoms with Crippen molar-refractivity contribution in [1.82, 2.24) is 10.2 Å². The Morgan fingerprint density at radius 2 is 2.00 bits per heavy atom. The molecule has 1 heterocycles. The molecule has 2 aliphatic rings. The fraction of sp³-hybridized carbons (Fsp3) is 0.556. The minimum Gasteiger partial charge on any atom is -0.352 e. The normalized spacial score (nSPS) is 20.5. The summed E-state index contributed by atoms with van der Waals surface area (Å²) in [5.74, 6) is 0.0621. The Morgan fingerprint density at radius 1 is 1.25 bits per heavy atom. The molecule has 1 aliphatic carbocycles. The van der Waals surface area contributed by atoms with Gasteiger partial charge in [0.05, 0.1) is 18.8 Å². The number of benzene rings is 1. The predicted molar refractivity (Wildman–Crippen MR) is 97.4 cm³/mol. The average molecular weight is 347 g/mol. The number of carbonyl (C=O) groups is 2. The van der Waals surface area contributed by atoms with Crippen molar-refractivity contribution in [3.05, 3.63) is 24.3 Å². The SMILES string of the molecule is CC1CCN(C(=O)CN(C)CC(=O)NC2CC2)c2ccccc2S1. The molecule has 1 aromatic carbocycles. The number of nitrogens with one attached hydrogen (secondary N) is 1. The fourth-order valence-electron chi connectivity index (χ4n) is 2.86. The summed E-state index contributed by atoms with van der Waals surface area (Å²) in [4.78, 5) is 29.5. The van der Waals surface area contributed by atoms with E-state index in [1.807, 2.05) is 41.9 Å². The first-order valence-corrected chi connectivity index (χ1v) is 9.45. The van der Waals surface area contributed by atoms with Gasteiger partial charge in [0.25, 0.3) is 0 Å². The summed E-state index contributed by atoms with van der Waals surface area (Å²) in [5, 5.41) is 3.45. The van der Waals surface area contributed by atoms with Crippen molar-refractivity contribution >= 4 is 29.3 Å². The van der Waals surface area contributed by atoms with Gasteiger partial charge in [0, 0.05) is 22.7 Å². The zero-order chi connectivity index (χ0) is 17.1. The summed E-state index contributed by atoms with van der Waals surface area (Å²) in [7, 11) is 1.82. The van der Waals surface area contributed by atoms with Crippen LogP contribution in [0.2, 0.25) is 0 Å². The molecular formula is C18H25N3O2S. The largest absolute Gasteiger partial charge is 0.352 e. The predicted octanol–water partition coefficient (Wildman–Crippen LogP) is 2.11. The first kappa shape index (κ1) is 17.3. The number of hydrogen-bond acceptors (Lipinski definition) is 4. The summed E-state index contributed by atoms with van der Waals surface area (Å²) in [6.07, 6.45) is 3.13. The van der Waals surface area contributed by atoms with E-state index in [0.29, 0.717) is 11.3 Å². The van der Waals surface area contributed by atoms with Crippen LogP contribution < -0.4 is 10.2 Å². The van der Waals surface area contributed by atoms with Gasteiger partial charge in [-0.3, -0.25) is 14.5 Å². The number of amides is 2. The van der Waals surface area contributed by atoms with E-state index in [-0.39, 0.29) is 24.9 Å². The van der Waals surface area contributed by atoms with E-state index >= 15 is 0 Å². The lowest BCUT2D eigenvalue weighted by Crippen LogP contribution is -2.43. The zero-order valence-corrected chi connectivity index (χ0v) is 15.1. The Labute approximate surface area is 147 Å². The first-order chi connectivity index (χ1) is 11.5. The number of carbonyl (C=O) groups excluding carboxylic acids is 2. The maximum atomic E-state index is 12.8. The second-order valence-corrected chi connectivity index (χ2v) is 8.22. The summed E-state index contributed by atoms with van der Waals surface area (Å²) < 4.78 is 0. The van der Waals surface area contributed by atoms with Crippen LogP contribution in [0.5, 0.6) is 0 Å². The Hall–Kier alpha value is -1.53. The Morgan fingerprint density at radius 3 is 2.75 bits per heavy atom. The summed E-state index contributed by atoms with van der Waals surface area (Å²) >= 11 is 1.83. The van der Waals surface area contributed by atoms with E-state index in [0.717, 1.165) is 36.4 Å². The molecule has 3 rings (SSSR count). The Balaban J connectivity index is 1.62. The van der Waals surface area contributed by atoms with Crippen LogP contribution in [0.4, 0.5) is 5.69 Å². The molecule has 130 valence electrons. The van der Waals surface area contributed by atoms with Gasteiger partial charge in [0.2, 0.25) is 11.8 Å². The summed E-state index contributed by atoms with van der Waals surface area (Å²) in [5.41, 5.74) is 0.993. The van der Waals surface area contributed by atoms with Gasteiger partial charge in [-0.2, -0.15) is 0 Å². The Bertz CT molecular complexity index is 618. The van der Waals surface area contributed by atoms with Gasteiger partial charge in [0.15, 0.2) is 0 Å². The van der Waals surface area contributed by atoms with Gasteiger partial charge in [-0.25, -0.2) is 0 Å². The third-order valence-electron chi connectivity index (χ3n) is 4.31. The molecule has 2 amide bonds. The van der Waals surface area contributed by atoms with Gasteiger partial charge in [0.1, 0.15) is 0 Å². The van der Waals surface area contributed by atoms with E-state index in [1.165, 1.54) is 0 Å². The fourth-order valence-corrected chi connectivity index (χ4v) is 3.98. The Kier molecular flexibility index (Phi) is 5.46. The second-order valence-electron chi connectivity index (χ2n) is 6.74. The molecule has 6 heteroatoms. The highest BCUT2D eigenvalue weighted by Gasteiger charge is 2.26. The molecule has 24 heavy (non-hydrogen) atoms. The molecule has 1 saturated carbocycles. The lowest BCUT2D eigenvalue weighted by Gasteiger charge is -2.25. The van der Waals surface area contributed by atoms with Crippen LogP contribution in [-0.2, 0) is 9.59 Å². The van der Waals surface area contributed by atoms with Crippen molar-refractivity contribution in [2.24, 2.45) is 0 Å². The molecule has 0 radical (unpaired) electrons. The lowest BCUT2D eigenvalue weighted by molar-refractivity contribution is -0.123. The van der Waals surface area contributed by atoms with Crippen LogP contribution in [0, 0.1) is 0 Å². The molecule has 1 fully saturated rings. The van der Waals surface area contributed by atoms with Gasteiger partial charge in [-0.15, -0.1) is 11.8 Å². The highest BCUT2D eigenvalue weighted by molar-refractivity contribution is 8.00. The highest BCUT2D eigenvalue weighted by atomic mass is 32.2. The maximum absolute atomic E-state index is 12.8. The van der Waals surface area contributed by atoms with Crippen molar-refractivity contribution in [2.75, 3.05) is 31.6 Å². The number of para-hydroxylation sites is 1. The highest BCUT2D eigenvalue weighted by Crippen LogP contribution is 2.37. The van der Waals surface area contributed by atoms with Crippen LogP contribution in [-0.4, -0.2) is 54.7 Å². The van der Waals surface area contributed by atoms with Crippen LogP contribution in [0.15, 0.2) is 29.2 Å². The number of fused-ring (bicyclic) bond motifs is 1. The van der Waals surface area contributed by atoms with Crippen LogP contribution in [0.3, 0.4) is 0 Å². The molecule has 1 aromatic rings. The standard InChI is InChI=1S/C18H25N3O2S/c1-13-9-10-21(15-5-3-4-6-16(15)24-13)18(23)12-20(2)11-17(22)19-14-7-8-14/h3-6,13-14H,7-12H2,1-2H3,(H,19,22). The number of anilines is 1. The van der Waals surface area contributed by atoms with Gasteiger partial charge >= 0.3 is 0 Å². The van der Waals surface area contributed by atoms with Gasteiger partial charge < -0.3 is 10.2 Å². The van der Waals surface area contributed by atoms with E-state index in [2.05, 4.69) is 18.3 Å². The van der Waals surface area contributed by atoms with E-state index < -0.39 is 0 Å². The summed E-state index contributed by atoms with van der Waals surface area (Å²) in [6, 6.07) is 8.44. The third-order valence-corrected chi connectivity index (χ3v) is 5.54. The monoisotopic (exact) mass is 347 g/mol. The molecular weight excluding hydrogens is 322 g/mol. The topological polar surface area (TPSA) is 52.7 Å². The smallest absolute Gasteiger partial charge is 0.241 e. The number of hydrogen-bond donors (Lipinski definition) is 1. The van der Waals surface area contributed by atoms with E-state index in [4.69, 9.17) is 0 Å². The molecule has 1 unspecified atom stereocenters. The van der Waals surface area contributed by atoms with Crippen molar-refractivity contribution < 1.29 is 9.59 Å². The molecule has 1 aliphatic heterocycles. The van der Waals surface area contributed by atoms with E-state index in [9.17, 15) is 9.59 Å². The molecule has 0 aromatic heterocycles. The quantitative estimate of drug-likeness (QED) is 0.886. The summed E-state index contributed by atoms with van der Waals surface area (Å²) in [6.45, 7) is 3.45. The van der Waals surface area contributed by atoms with E-state index in [1.54, 1.807) is 4.90 Å². The number of thioether (sulfide) groups is 1. The molecule has 0 saturated heterocycles. The van der Waals surface area contributed by atoms with Crippen molar-refractivity contribution in [3.8, 4) is 0 Å². The number of rotatable bonds is 5. The van der Waals surface area contributed by atoms with Crippen LogP contribution in [0.1, 0.15) is 26.2 Å². The lowest BCUT2D eigenvalue weighted by atomic mass is 10.2. The van der Waals surface area contributed by atoms with Crippen LogP contribution >= 0.6 is 11.8 Å².